The first-order valence-electron chi connectivity index (χ1n) is 14.3. The maximum Gasteiger partial charge on any atom is 0.277 e. The number of fused-ring (bicyclic) bond motifs is 1. The van der Waals surface area contributed by atoms with Crippen molar-refractivity contribution in [2.24, 2.45) is 0 Å². The summed E-state index contributed by atoms with van der Waals surface area (Å²) in [5, 5.41) is 4.81. The van der Waals surface area contributed by atoms with Gasteiger partial charge in [0.15, 0.2) is 22.8 Å². The lowest BCUT2D eigenvalue weighted by molar-refractivity contribution is 0.325. The Morgan fingerprint density at radius 2 is 1.67 bits per heavy atom. The predicted molar refractivity (Wildman–Crippen MR) is 162 cm³/mol. The molecule has 0 unspecified atom stereocenters. The Balaban J connectivity index is 1.61. The standard InChI is InChI=1S/C30H37N5O7S/c1-6-42-23-15-13-20(43(37,38)34-22-14-16-24(39-3)27(41-5)26(22)40-4)17-21(23)28-32-30(36)25-18(2)31-29(35(25)33-28)19-11-9-7-8-10-12-19/h13-17,19,34H,6-12H2,1-5H3,(H,32,33,36). The fraction of sp³-hybridized carbons (Fsp3) is 0.433. The smallest absolute Gasteiger partial charge is 0.277 e. The van der Waals surface area contributed by atoms with Gasteiger partial charge in [-0.1, -0.05) is 25.7 Å². The topological polar surface area (TPSA) is 146 Å². The zero-order valence-electron chi connectivity index (χ0n) is 25.0. The van der Waals surface area contributed by atoms with Crippen LogP contribution in [0.15, 0.2) is 40.0 Å². The molecule has 4 aromatic rings. The van der Waals surface area contributed by atoms with Gasteiger partial charge in [0.2, 0.25) is 5.75 Å². The van der Waals surface area contributed by atoms with Gasteiger partial charge in [-0.25, -0.2) is 17.9 Å². The number of nitrogens with one attached hydrogen (secondary N) is 2. The molecule has 2 heterocycles. The van der Waals surface area contributed by atoms with E-state index >= 15 is 0 Å². The van der Waals surface area contributed by atoms with Crippen molar-refractivity contribution in [2.75, 3.05) is 32.7 Å². The highest BCUT2D eigenvalue weighted by atomic mass is 32.2. The molecular formula is C30H37N5O7S. The summed E-state index contributed by atoms with van der Waals surface area (Å²) in [6.07, 6.45) is 6.51. The van der Waals surface area contributed by atoms with Crippen LogP contribution < -0.4 is 29.2 Å². The van der Waals surface area contributed by atoms with Crippen LogP contribution in [0, 0.1) is 6.92 Å². The molecule has 13 heteroatoms. The molecule has 1 aliphatic rings. The maximum absolute atomic E-state index is 13.7. The molecule has 5 rings (SSSR count). The van der Waals surface area contributed by atoms with Crippen molar-refractivity contribution >= 4 is 21.2 Å². The molecule has 0 aliphatic heterocycles. The highest BCUT2D eigenvalue weighted by molar-refractivity contribution is 7.92. The van der Waals surface area contributed by atoms with E-state index in [0.29, 0.717) is 34.9 Å². The molecule has 0 atom stereocenters. The molecule has 0 amide bonds. The number of aryl methyl sites for hydroxylation is 1. The number of sulfonamides is 1. The first-order chi connectivity index (χ1) is 20.7. The highest BCUT2D eigenvalue weighted by Gasteiger charge is 2.26. The van der Waals surface area contributed by atoms with Crippen molar-refractivity contribution in [2.45, 2.75) is 63.2 Å². The molecule has 12 nitrogen and oxygen atoms in total. The fourth-order valence-corrected chi connectivity index (χ4v) is 6.73. The molecule has 1 aliphatic carbocycles. The summed E-state index contributed by atoms with van der Waals surface area (Å²) in [5.74, 6) is 2.28. The Bertz CT molecular complexity index is 1790. The third-order valence-corrected chi connectivity index (χ3v) is 9.05. The minimum absolute atomic E-state index is 0.0728. The van der Waals surface area contributed by atoms with Crippen LogP contribution in [0.2, 0.25) is 0 Å². The molecule has 230 valence electrons. The van der Waals surface area contributed by atoms with Gasteiger partial charge in [0, 0.05) is 5.92 Å². The minimum atomic E-state index is -4.15. The van der Waals surface area contributed by atoms with Crippen molar-refractivity contribution in [1.82, 2.24) is 19.6 Å². The van der Waals surface area contributed by atoms with Crippen molar-refractivity contribution < 1.29 is 27.4 Å². The van der Waals surface area contributed by atoms with Gasteiger partial charge in [-0.2, -0.15) is 0 Å². The van der Waals surface area contributed by atoms with E-state index in [0.717, 1.165) is 31.5 Å². The van der Waals surface area contributed by atoms with Gasteiger partial charge in [0.25, 0.3) is 15.6 Å². The molecule has 1 fully saturated rings. The largest absolute Gasteiger partial charge is 0.493 e. The third-order valence-electron chi connectivity index (χ3n) is 7.69. The summed E-state index contributed by atoms with van der Waals surface area (Å²) in [7, 11) is 0.165. The van der Waals surface area contributed by atoms with Crippen molar-refractivity contribution in [3.63, 3.8) is 0 Å². The molecule has 0 spiro atoms. The number of imidazole rings is 1. The molecule has 1 saturated carbocycles. The number of hydrogen-bond acceptors (Lipinski definition) is 9. The van der Waals surface area contributed by atoms with E-state index in [1.165, 1.54) is 52.4 Å². The summed E-state index contributed by atoms with van der Waals surface area (Å²) in [4.78, 5) is 20.9. The molecular weight excluding hydrogens is 574 g/mol. The van der Waals surface area contributed by atoms with Crippen LogP contribution in [-0.2, 0) is 10.0 Å². The number of aromatic nitrogens is 4. The number of H-pyrrole nitrogens is 1. The Kier molecular flexibility index (Phi) is 8.81. The summed E-state index contributed by atoms with van der Waals surface area (Å²) in [6, 6.07) is 7.51. The zero-order chi connectivity index (χ0) is 30.7. The Labute approximate surface area is 250 Å². The van der Waals surface area contributed by atoms with E-state index in [9.17, 15) is 13.2 Å². The van der Waals surface area contributed by atoms with Crippen LogP contribution >= 0.6 is 0 Å². The van der Waals surface area contributed by atoms with Gasteiger partial charge in [-0.3, -0.25) is 9.52 Å². The van der Waals surface area contributed by atoms with Gasteiger partial charge in [-0.05, 0) is 57.0 Å². The van der Waals surface area contributed by atoms with Crippen LogP contribution in [0.5, 0.6) is 23.0 Å². The lowest BCUT2D eigenvalue weighted by Crippen LogP contribution is -2.17. The van der Waals surface area contributed by atoms with E-state index in [1.807, 2.05) is 6.92 Å². The normalized spacial score (nSPS) is 14.3. The van der Waals surface area contributed by atoms with Crippen LogP contribution in [0.25, 0.3) is 16.9 Å². The Morgan fingerprint density at radius 1 is 0.977 bits per heavy atom. The molecule has 2 aromatic carbocycles. The lowest BCUT2D eigenvalue weighted by Gasteiger charge is -2.17. The molecule has 2 aromatic heterocycles. The average molecular weight is 612 g/mol. The first kappa shape index (κ1) is 30.2. The van der Waals surface area contributed by atoms with Gasteiger partial charge in [-0.15, -0.1) is 5.10 Å². The average Bonchev–Trinajstić information content (AvgIpc) is 3.14. The Morgan fingerprint density at radius 3 is 2.33 bits per heavy atom. The van der Waals surface area contributed by atoms with E-state index < -0.39 is 10.0 Å². The third kappa shape index (κ3) is 5.85. The van der Waals surface area contributed by atoms with Crippen molar-refractivity contribution in [3.8, 4) is 34.4 Å². The van der Waals surface area contributed by atoms with Crippen molar-refractivity contribution in [1.29, 1.82) is 0 Å². The number of methoxy groups -OCH3 is 3. The lowest BCUT2D eigenvalue weighted by atomic mass is 10.00. The number of anilines is 1. The molecule has 0 saturated heterocycles. The zero-order valence-corrected chi connectivity index (χ0v) is 25.8. The van der Waals surface area contributed by atoms with E-state index in [1.54, 1.807) is 23.6 Å². The van der Waals surface area contributed by atoms with Gasteiger partial charge in [0.05, 0.1) is 49.8 Å². The van der Waals surface area contributed by atoms with Crippen LogP contribution in [0.1, 0.15) is 62.9 Å². The van der Waals surface area contributed by atoms with Gasteiger partial charge >= 0.3 is 0 Å². The molecule has 2 N–H and O–H groups in total. The molecule has 0 radical (unpaired) electrons. The fourth-order valence-electron chi connectivity index (χ4n) is 5.64. The number of ether oxygens (including phenoxy) is 4. The second-order valence-corrected chi connectivity index (χ2v) is 12.1. The SMILES string of the molecule is CCOc1ccc(S(=O)(=O)Nc2ccc(OC)c(OC)c2OC)cc1-c1nn2c(C3CCCCCC3)nc(C)c2c(=O)[nH]1. The van der Waals surface area contributed by atoms with Crippen LogP contribution in [0.4, 0.5) is 5.69 Å². The van der Waals surface area contributed by atoms with E-state index in [4.69, 9.17) is 29.0 Å². The van der Waals surface area contributed by atoms with Gasteiger partial charge in [0.1, 0.15) is 11.6 Å². The molecule has 0 bridgehead atoms. The van der Waals surface area contributed by atoms with Crippen LogP contribution in [0.3, 0.4) is 0 Å². The minimum Gasteiger partial charge on any atom is -0.493 e. The Hall–Kier alpha value is -4.26. The quantitative estimate of drug-likeness (QED) is 0.235. The first-order valence-corrected chi connectivity index (χ1v) is 15.8. The van der Waals surface area contributed by atoms with Crippen molar-refractivity contribution in [3.05, 3.63) is 52.2 Å². The molecule has 43 heavy (non-hydrogen) atoms. The van der Waals surface area contributed by atoms with E-state index in [2.05, 4.69) is 9.71 Å². The number of nitrogens with zero attached hydrogens (tertiary/aromatic N) is 3. The van der Waals surface area contributed by atoms with Crippen LogP contribution in [-0.4, -0.2) is 55.9 Å². The monoisotopic (exact) mass is 611 g/mol. The van der Waals surface area contributed by atoms with Gasteiger partial charge < -0.3 is 23.9 Å². The number of aromatic amines is 1. The second-order valence-electron chi connectivity index (χ2n) is 10.4. The van der Waals surface area contributed by atoms with E-state index in [-0.39, 0.29) is 39.4 Å². The summed E-state index contributed by atoms with van der Waals surface area (Å²) in [5.41, 5.74) is 1.10. The number of rotatable bonds is 10. The maximum atomic E-state index is 13.7. The second kappa shape index (κ2) is 12.5. The summed E-state index contributed by atoms with van der Waals surface area (Å²) in [6.45, 7) is 3.95. The summed E-state index contributed by atoms with van der Waals surface area (Å²) >= 11 is 0. The highest BCUT2D eigenvalue weighted by Crippen LogP contribution is 2.43. The predicted octanol–water partition coefficient (Wildman–Crippen LogP) is 5.06. The number of hydrogen-bond donors (Lipinski definition) is 2. The number of benzene rings is 2. The summed E-state index contributed by atoms with van der Waals surface area (Å²) < 4.78 is 53.5.